The Morgan fingerprint density at radius 2 is 1.97 bits per heavy atom. The molecular formula is C21H22N6O5S. The zero-order chi connectivity index (χ0) is 24.0. The molecule has 12 heteroatoms. The van der Waals surface area contributed by atoms with Gasteiger partial charge >= 0.3 is 0 Å². The summed E-state index contributed by atoms with van der Waals surface area (Å²) >= 11 is 1.21. The van der Waals surface area contributed by atoms with E-state index in [0.29, 0.717) is 28.9 Å². The maximum atomic E-state index is 12.5. The van der Waals surface area contributed by atoms with Gasteiger partial charge in [-0.25, -0.2) is 0 Å². The molecule has 3 aromatic rings. The summed E-state index contributed by atoms with van der Waals surface area (Å²) in [6, 6.07) is 11.2. The van der Waals surface area contributed by atoms with E-state index in [9.17, 15) is 19.7 Å². The summed E-state index contributed by atoms with van der Waals surface area (Å²) in [4.78, 5) is 34.2. The molecule has 3 rings (SSSR count). The van der Waals surface area contributed by atoms with Gasteiger partial charge in [-0.3, -0.25) is 19.7 Å². The fourth-order valence-electron chi connectivity index (χ4n) is 3.05. The number of ether oxygens (including phenoxy) is 1. The van der Waals surface area contributed by atoms with Crippen LogP contribution in [0, 0.1) is 10.1 Å². The maximum Gasteiger partial charge on any atom is 0.273 e. The van der Waals surface area contributed by atoms with Gasteiger partial charge in [0, 0.05) is 30.8 Å². The van der Waals surface area contributed by atoms with Crippen LogP contribution in [0.4, 0.5) is 17.1 Å². The molecule has 2 N–H and O–H groups in total. The number of rotatable bonds is 9. The van der Waals surface area contributed by atoms with Gasteiger partial charge in [-0.2, -0.15) is 0 Å². The van der Waals surface area contributed by atoms with Crippen LogP contribution in [0.3, 0.4) is 0 Å². The van der Waals surface area contributed by atoms with Crippen LogP contribution in [0.25, 0.3) is 11.4 Å². The average Bonchev–Trinajstić information content (AvgIpc) is 3.20. The molecular weight excluding hydrogens is 448 g/mol. The second kappa shape index (κ2) is 10.6. The number of nitro groups is 1. The molecule has 0 unspecified atom stereocenters. The van der Waals surface area contributed by atoms with Crippen LogP contribution in [-0.2, 0) is 16.1 Å². The summed E-state index contributed by atoms with van der Waals surface area (Å²) in [5.41, 5.74) is 1.63. The van der Waals surface area contributed by atoms with E-state index in [2.05, 4.69) is 20.8 Å². The lowest BCUT2D eigenvalue weighted by Crippen LogP contribution is -2.15. The first-order valence-electron chi connectivity index (χ1n) is 9.88. The number of methoxy groups -OCH3 is 1. The van der Waals surface area contributed by atoms with Crippen molar-refractivity contribution >= 4 is 40.6 Å². The van der Waals surface area contributed by atoms with Crippen molar-refractivity contribution in [2.45, 2.75) is 25.5 Å². The minimum atomic E-state index is -0.537. The van der Waals surface area contributed by atoms with Gasteiger partial charge in [0.05, 0.1) is 29.5 Å². The SMILES string of the molecule is CCn1c(SCC(=O)Nc2ccc([N+](=O)[O-])cc2OC)nnc1-c1cccc(NC(C)=O)c1. The molecule has 0 bridgehead atoms. The van der Waals surface area contributed by atoms with Crippen LogP contribution >= 0.6 is 11.8 Å². The Morgan fingerprint density at radius 3 is 2.64 bits per heavy atom. The molecule has 0 atom stereocenters. The number of amides is 2. The second-order valence-corrected chi connectivity index (χ2v) is 7.73. The summed E-state index contributed by atoms with van der Waals surface area (Å²) in [5.74, 6) is 0.359. The van der Waals surface area contributed by atoms with Gasteiger partial charge in [-0.15, -0.1) is 10.2 Å². The Hall–Kier alpha value is -3.93. The highest BCUT2D eigenvalue weighted by Crippen LogP contribution is 2.30. The van der Waals surface area contributed by atoms with Crippen LogP contribution in [0.2, 0.25) is 0 Å². The number of benzene rings is 2. The number of carbonyl (C=O) groups excluding carboxylic acids is 2. The van der Waals surface area contributed by atoms with Crippen LogP contribution in [-0.4, -0.2) is 44.4 Å². The average molecular weight is 471 g/mol. The molecule has 0 saturated carbocycles. The molecule has 1 heterocycles. The number of aromatic nitrogens is 3. The van der Waals surface area contributed by atoms with E-state index in [-0.39, 0.29) is 29.0 Å². The molecule has 0 radical (unpaired) electrons. The van der Waals surface area contributed by atoms with Crippen molar-refractivity contribution in [2.24, 2.45) is 0 Å². The summed E-state index contributed by atoms with van der Waals surface area (Å²) in [6.07, 6.45) is 0. The van der Waals surface area contributed by atoms with Crippen molar-refractivity contribution in [1.82, 2.24) is 14.8 Å². The van der Waals surface area contributed by atoms with Crippen molar-refractivity contribution in [1.29, 1.82) is 0 Å². The van der Waals surface area contributed by atoms with Crippen molar-refractivity contribution in [2.75, 3.05) is 23.5 Å². The van der Waals surface area contributed by atoms with E-state index < -0.39 is 4.92 Å². The van der Waals surface area contributed by atoms with E-state index >= 15 is 0 Å². The lowest BCUT2D eigenvalue weighted by atomic mass is 10.2. The number of hydrogen-bond donors (Lipinski definition) is 2. The number of nitrogens with zero attached hydrogens (tertiary/aromatic N) is 4. The second-order valence-electron chi connectivity index (χ2n) is 6.79. The lowest BCUT2D eigenvalue weighted by molar-refractivity contribution is -0.384. The van der Waals surface area contributed by atoms with E-state index in [1.807, 2.05) is 23.6 Å². The molecule has 0 aliphatic carbocycles. The molecule has 0 aliphatic rings. The van der Waals surface area contributed by atoms with Crippen molar-refractivity contribution in [3.05, 3.63) is 52.6 Å². The number of nitro benzene ring substituents is 1. The lowest BCUT2D eigenvalue weighted by Gasteiger charge is -2.10. The molecule has 0 fully saturated rings. The van der Waals surface area contributed by atoms with Crippen molar-refractivity contribution < 1.29 is 19.2 Å². The zero-order valence-corrected chi connectivity index (χ0v) is 19.0. The molecule has 0 saturated heterocycles. The number of hydrogen-bond acceptors (Lipinski definition) is 8. The molecule has 2 aromatic carbocycles. The standard InChI is InChI=1S/C21H22N6O5S/c1-4-26-20(14-6-5-7-15(10-14)22-13(2)28)24-25-21(26)33-12-19(29)23-17-9-8-16(27(30)31)11-18(17)32-3/h5-11H,4,12H2,1-3H3,(H,22,28)(H,23,29). The Labute approximate surface area is 193 Å². The number of thioether (sulfide) groups is 1. The van der Waals surface area contributed by atoms with Crippen molar-refractivity contribution in [3.63, 3.8) is 0 Å². The monoisotopic (exact) mass is 470 g/mol. The van der Waals surface area contributed by atoms with E-state index in [0.717, 1.165) is 5.56 Å². The first kappa shape index (κ1) is 23.7. The molecule has 0 aliphatic heterocycles. The van der Waals surface area contributed by atoms with Crippen molar-refractivity contribution in [3.8, 4) is 17.1 Å². The minimum Gasteiger partial charge on any atom is -0.494 e. The van der Waals surface area contributed by atoms with Gasteiger partial charge in [0.1, 0.15) is 5.75 Å². The smallest absolute Gasteiger partial charge is 0.273 e. The fourth-order valence-corrected chi connectivity index (χ4v) is 3.85. The third-order valence-corrected chi connectivity index (χ3v) is 5.44. The van der Waals surface area contributed by atoms with Gasteiger partial charge in [-0.1, -0.05) is 23.9 Å². The summed E-state index contributed by atoms with van der Waals surface area (Å²) in [6.45, 7) is 3.95. The molecule has 1 aromatic heterocycles. The highest BCUT2D eigenvalue weighted by atomic mass is 32.2. The van der Waals surface area contributed by atoms with E-state index in [4.69, 9.17) is 4.74 Å². The highest BCUT2D eigenvalue weighted by molar-refractivity contribution is 7.99. The fraction of sp³-hybridized carbons (Fsp3) is 0.238. The summed E-state index contributed by atoms with van der Waals surface area (Å²) in [5, 5.41) is 25.4. The largest absolute Gasteiger partial charge is 0.494 e. The first-order valence-corrected chi connectivity index (χ1v) is 10.9. The summed E-state index contributed by atoms with van der Waals surface area (Å²) < 4.78 is 7.02. The molecule has 2 amide bonds. The first-order chi connectivity index (χ1) is 15.8. The van der Waals surface area contributed by atoms with E-state index in [1.165, 1.54) is 44.0 Å². The predicted molar refractivity (Wildman–Crippen MR) is 124 cm³/mol. The van der Waals surface area contributed by atoms with Crippen LogP contribution in [0.5, 0.6) is 5.75 Å². The Bertz CT molecular complexity index is 1200. The van der Waals surface area contributed by atoms with Gasteiger partial charge in [-0.05, 0) is 25.1 Å². The molecule has 172 valence electrons. The summed E-state index contributed by atoms with van der Waals surface area (Å²) in [7, 11) is 1.37. The van der Waals surface area contributed by atoms with Gasteiger partial charge < -0.3 is 19.9 Å². The normalized spacial score (nSPS) is 10.5. The van der Waals surface area contributed by atoms with E-state index in [1.54, 1.807) is 12.1 Å². The van der Waals surface area contributed by atoms with Gasteiger partial charge in [0.15, 0.2) is 11.0 Å². The predicted octanol–water partition coefficient (Wildman–Crippen LogP) is 3.57. The third-order valence-electron chi connectivity index (χ3n) is 4.48. The number of non-ortho nitro benzene ring substituents is 1. The maximum absolute atomic E-state index is 12.5. The van der Waals surface area contributed by atoms with Crippen LogP contribution < -0.4 is 15.4 Å². The number of nitrogens with one attached hydrogen (secondary N) is 2. The topological polar surface area (TPSA) is 141 Å². The zero-order valence-electron chi connectivity index (χ0n) is 18.2. The quantitative estimate of drug-likeness (QED) is 0.275. The number of anilines is 2. The van der Waals surface area contributed by atoms with Gasteiger partial charge in [0.25, 0.3) is 5.69 Å². The molecule has 0 spiro atoms. The number of carbonyl (C=O) groups is 2. The third kappa shape index (κ3) is 5.86. The minimum absolute atomic E-state index is 0.0458. The van der Waals surface area contributed by atoms with Crippen LogP contribution in [0.1, 0.15) is 13.8 Å². The van der Waals surface area contributed by atoms with Gasteiger partial charge in [0.2, 0.25) is 11.8 Å². The molecule has 33 heavy (non-hydrogen) atoms. The Morgan fingerprint density at radius 1 is 1.18 bits per heavy atom. The highest BCUT2D eigenvalue weighted by Gasteiger charge is 2.17. The Balaban J connectivity index is 1.71. The Kier molecular flexibility index (Phi) is 7.61. The molecule has 11 nitrogen and oxygen atoms in total. The van der Waals surface area contributed by atoms with Crippen LogP contribution in [0.15, 0.2) is 47.6 Å².